The lowest BCUT2D eigenvalue weighted by Crippen LogP contribution is -2.59. The number of nitrogens with zero attached hydrogens (tertiary/aromatic N) is 2. The molecule has 2 rings (SSSR count). The van der Waals surface area contributed by atoms with Crippen LogP contribution in [0.4, 0.5) is 4.39 Å². The lowest BCUT2D eigenvalue weighted by molar-refractivity contribution is -0.0866. The molecule has 4 heteroatoms. The minimum atomic E-state index is -0.612. The van der Waals surface area contributed by atoms with Crippen molar-refractivity contribution in [2.24, 2.45) is 0 Å². The monoisotopic (exact) mass is 202 g/mol. The van der Waals surface area contributed by atoms with Gasteiger partial charge in [0, 0.05) is 32.2 Å². The van der Waals surface area contributed by atoms with Gasteiger partial charge in [0.25, 0.3) is 0 Å². The van der Waals surface area contributed by atoms with Crippen molar-refractivity contribution < 1.29 is 9.13 Å². The summed E-state index contributed by atoms with van der Waals surface area (Å²) in [5.74, 6) is 0. The molecule has 3 nitrogen and oxygen atoms in total. The molecule has 0 aromatic rings. The average molecular weight is 202 g/mol. The highest BCUT2D eigenvalue weighted by Crippen LogP contribution is 2.20. The summed E-state index contributed by atoms with van der Waals surface area (Å²) in [6, 6.07) is 0.352. The first-order valence-electron chi connectivity index (χ1n) is 5.35. The summed E-state index contributed by atoms with van der Waals surface area (Å²) >= 11 is 0. The third-order valence-electron chi connectivity index (χ3n) is 3.28. The maximum Gasteiger partial charge on any atom is 0.125 e. The molecule has 2 aliphatic rings. The van der Waals surface area contributed by atoms with E-state index in [0.29, 0.717) is 19.1 Å². The van der Waals surface area contributed by atoms with Gasteiger partial charge >= 0.3 is 0 Å². The molecule has 0 aromatic heterocycles. The lowest BCUT2D eigenvalue weighted by Gasteiger charge is -2.44. The van der Waals surface area contributed by atoms with Crippen molar-refractivity contribution in [2.75, 3.05) is 39.8 Å². The summed E-state index contributed by atoms with van der Waals surface area (Å²) < 4.78 is 18.4. The minimum absolute atomic E-state index is 0.251. The molecule has 2 fully saturated rings. The highest BCUT2D eigenvalue weighted by atomic mass is 19.1. The Morgan fingerprint density at radius 1 is 1.36 bits per heavy atom. The number of rotatable bonds is 2. The van der Waals surface area contributed by atoms with Gasteiger partial charge in [-0.1, -0.05) is 0 Å². The van der Waals surface area contributed by atoms with E-state index in [0.717, 1.165) is 19.7 Å². The van der Waals surface area contributed by atoms with Crippen LogP contribution in [0.15, 0.2) is 0 Å². The zero-order chi connectivity index (χ0) is 10.1. The zero-order valence-electron chi connectivity index (χ0n) is 8.95. The highest BCUT2D eigenvalue weighted by Gasteiger charge is 2.35. The number of hydrogen-bond acceptors (Lipinski definition) is 3. The Hall–Kier alpha value is -0.190. The quantitative estimate of drug-likeness (QED) is 0.643. The SMILES string of the molecule is C[C@@H](C1CN(C)CCO1)N1CC(F)C1. The summed E-state index contributed by atoms with van der Waals surface area (Å²) in [5.41, 5.74) is 0. The van der Waals surface area contributed by atoms with E-state index in [4.69, 9.17) is 4.74 Å². The second-order valence-electron chi connectivity index (χ2n) is 4.46. The van der Waals surface area contributed by atoms with E-state index >= 15 is 0 Å². The second kappa shape index (κ2) is 4.13. The molecule has 0 N–H and O–H groups in total. The van der Waals surface area contributed by atoms with Crippen LogP contribution >= 0.6 is 0 Å². The molecule has 1 unspecified atom stereocenters. The maximum atomic E-state index is 12.7. The summed E-state index contributed by atoms with van der Waals surface area (Å²) in [5, 5.41) is 0. The van der Waals surface area contributed by atoms with E-state index in [2.05, 4.69) is 23.8 Å². The van der Waals surface area contributed by atoms with E-state index in [1.165, 1.54) is 0 Å². The third kappa shape index (κ3) is 2.07. The fourth-order valence-electron chi connectivity index (χ4n) is 2.13. The van der Waals surface area contributed by atoms with E-state index in [-0.39, 0.29) is 6.10 Å². The molecule has 14 heavy (non-hydrogen) atoms. The van der Waals surface area contributed by atoms with Crippen molar-refractivity contribution in [1.29, 1.82) is 0 Å². The van der Waals surface area contributed by atoms with Crippen LogP contribution in [0.3, 0.4) is 0 Å². The van der Waals surface area contributed by atoms with Crippen molar-refractivity contribution in [3.63, 3.8) is 0 Å². The molecule has 0 bridgehead atoms. The number of morpholine rings is 1. The Morgan fingerprint density at radius 3 is 2.64 bits per heavy atom. The number of alkyl halides is 1. The van der Waals surface area contributed by atoms with E-state index in [1.54, 1.807) is 0 Å². The number of likely N-dealkylation sites (N-methyl/N-ethyl adjacent to an activating group) is 1. The van der Waals surface area contributed by atoms with Crippen LogP contribution in [0, 0.1) is 0 Å². The molecule has 2 atom stereocenters. The Bertz CT molecular complexity index is 197. The van der Waals surface area contributed by atoms with Gasteiger partial charge in [-0.15, -0.1) is 0 Å². The summed E-state index contributed by atoms with van der Waals surface area (Å²) in [7, 11) is 2.11. The first kappa shape index (κ1) is 10.3. The van der Waals surface area contributed by atoms with Crippen molar-refractivity contribution >= 4 is 0 Å². The van der Waals surface area contributed by atoms with Gasteiger partial charge in [0.1, 0.15) is 6.17 Å². The Kier molecular flexibility index (Phi) is 3.04. The molecule has 82 valence electrons. The molecule has 2 aliphatic heterocycles. The van der Waals surface area contributed by atoms with Gasteiger partial charge in [-0.2, -0.15) is 0 Å². The van der Waals surface area contributed by atoms with Crippen molar-refractivity contribution in [3.05, 3.63) is 0 Å². The molecule has 0 radical (unpaired) electrons. The molecular formula is C10H19FN2O. The third-order valence-corrected chi connectivity index (χ3v) is 3.28. The Balaban J connectivity index is 1.81. The number of hydrogen-bond donors (Lipinski definition) is 0. The summed E-state index contributed by atoms with van der Waals surface area (Å²) in [6.45, 7) is 6.09. The molecule has 2 heterocycles. The van der Waals surface area contributed by atoms with Crippen LogP contribution in [0.1, 0.15) is 6.92 Å². The van der Waals surface area contributed by atoms with Crippen molar-refractivity contribution in [1.82, 2.24) is 9.80 Å². The number of ether oxygens (including phenoxy) is 1. The van der Waals surface area contributed by atoms with Crippen LogP contribution in [-0.4, -0.2) is 68.0 Å². The topological polar surface area (TPSA) is 15.7 Å². The van der Waals surface area contributed by atoms with Crippen LogP contribution in [0.2, 0.25) is 0 Å². The smallest absolute Gasteiger partial charge is 0.125 e. The standard InChI is InChI=1S/C10H19FN2O/c1-8(13-5-9(11)6-13)10-7-12(2)3-4-14-10/h8-10H,3-7H2,1-2H3/t8-,10?/m0/s1. The Morgan fingerprint density at radius 2 is 2.07 bits per heavy atom. The Labute approximate surface area is 84.8 Å². The minimum Gasteiger partial charge on any atom is -0.374 e. The molecule has 0 amide bonds. The van der Waals surface area contributed by atoms with Gasteiger partial charge in [0.2, 0.25) is 0 Å². The van der Waals surface area contributed by atoms with Crippen molar-refractivity contribution in [3.8, 4) is 0 Å². The fraction of sp³-hybridized carbons (Fsp3) is 1.00. The molecule has 0 aromatic carbocycles. The van der Waals surface area contributed by atoms with E-state index < -0.39 is 6.17 Å². The second-order valence-corrected chi connectivity index (χ2v) is 4.46. The van der Waals surface area contributed by atoms with Crippen LogP contribution in [0.25, 0.3) is 0 Å². The molecule has 0 spiro atoms. The highest BCUT2D eigenvalue weighted by molar-refractivity contribution is 4.89. The average Bonchev–Trinajstić information content (AvgIpc) is 2.12. The van der Waals surface area contributed by atoms with Gasteiger partial charge in [0.15, 0.2) is 0 Å². The number of halogens is 1. The summed E-state index contributed by atoms with van der Waals surface area (Å²) in [6.07, 6.45) is -0.361. The molecular weight excluding hydrogens is 183 g/mol. The van der Waals surface area contributed by atoms with Crippen LogP contribution < -0.4 is 0 Å². The molecule has 0 aliphatic carbocycles. The van der Waals surface area contributed by atoms with E-state index in [1.807, 2.05) is 0 Å². The largest absolute Gasteiger partial charge is 0.374 e. The predicted molar refractivity (Wildman–Crippen MR) is 53.2 cm³/mol. The van der Waals surface area contributed by atoms with Gasteiger partial charge in [-0.05, 0) is 14.0 Å². The van der Waals surface area contributed by atoms with Crippen molar-refractivity contribution in [2.45, 2.75) is 25.2 Å². The van der Waals surface area contributed by atoms with Gasteiger partial charge in [-0.3, -0.25) is 4.90 Å². The molecule has 2 saturated heterocycles. The van der Waals surface area contributed by atoms with Gasteiger partial charge in [-0.25, -0.2) is 4.39 Å². The van der Waals surface area contributed by atoms with Gasteiger partial charge < -0.3 is 9.64 Å². The predicted octanol–water partition coefficient (Wildman–Crippen LogP) is 0.359. The zero-order valence-corrected chi connectivity index (χ0v) is 8.95. The fourth-order valence-corrected chi connectivity index (χ4v) is 2.13. The first-order valence-corrected chi connectivity index (χ1v) is 5.35. The maximum absolute atomic E-state index is 12.7. The van der Waals surface area contributed by atoms with Gasteiger partial charge in [0.05, 0.1) is 12.7 Å². The van der Waals surface area contributed by atoms with Crippen LogP contribution in [0.5, 0.6) is 0 Å². The van der Waals surface area contributed by atoms with E-state index in [9.17, 15) is 4.39 Å². The molecule has 0 saturated carbocycles. The normalized spacial score (nSPS) is 34.1. The number of likely N-dealkylation sites (tertiary alicyclic amines) is 1. The van der Waals surface area contributed by atoms with Crippen LogP contribution in [-0.2, 0) is 4.74 Å². The first-order chi connectivity index (χ1) is 6.66. The lowest BCUT2D eigenvalue weighted by atomic mass is 10.0. The summed E-state index contributed by atoms with van der Waals surface area (Å²) in [4.78, 5) is 4.44.